The highest BCUT2D eigenvalue weighted by atomic mass is 16.6. The van der Waals surface area contributed by atoms with Gasteiger partial charge in [-0.25, -0.2) is 0 Å². The third-order valence-corrected chi connectivity index (χ3v) is 4.29. The monoisotopic (exact) mass is 341 g/mol. The fourth-order valence-corrected chi connectivity index (χ4v) is 2.74. The van der Waals surface area contributed by atoms with E-state index in [0.717, 1.165) is 5.56 Å². The number of amides is 1. The number of nitro benzene ring substituents is 1. The first-order valence-corrected chi connectivity index (χ1v) is 8.06. The summed E-state index contributed by atoms with van der Waals surface area (Å²) in [6.07, 6.45) is 0. The summed E-state index contributed by atoms with van der Waals surface area (Å²) in [7, 11) is 3.91. The third-order valence-electron chi connectivity index (χ3n) is 4.29. The highest BCUT2D eigenvalue weighted by Crippen LogP contribution is 2.22. The number of carbonyl (C=O) groups is 1. The predicted molar refractivity (Wildman–Crippen MR) is 97.8 cm³/mol. The maximum atomic E-state index is 12.5. The van der Waals surface area contributed by atoms with Crippen LogP contribution >= 0.6 is 0 Å². The number of nitrogens with one attached hydrogen (secondary N) is 1. The molecular weight excluding hydrogens is 318 g/mol. The molecular formula is C19H23N3O3. The standard InChI is InChI=1S/C19H23N3O3/c1-13-8-10-15(11-9-13)18(21(3)4)12-20-19(23)16-6-5-7-17(14(16)2)22(24)25/h5-11,18H,12H2,1-4H3,(H,20,23). The van der Waals surface area contributed by atoms with Crippen LogP contribution in [-0.2, 0) is 0 Å². The summed E-state index contributed by atoms with van der Waals surface area (Å²) < 4.78 is 0. The zero-order valence-electron chi connectivity index (χ0n) is 14.9. The van der Waals surface area contributed by atoms with Gasteiger partial charge in [0.25, 0.3) is 11.6 Å². The van der Waals surface area contributed by atoms with Gasteiger partial charge in [-0.05, 0) is 39.6 Å². The minimum atomic E-state index is -0.471. The van der Waals surface area contributed by atoms with Gasteiger partial charge in [0.1, 0.15) is 0 Å². The lowest BCUT2D eigenvalue weighted by molar-refractivity contribution is -0.385. The molecule has 0 aliphatic carbocycles. The lowest BCUT2D eigenvalue weighted by atomic mass is 10.0. The molecule has 2 rings (SSSR count). The Hall–Kier alpha value is -2.73. The van der Waals surface area contributed by atoms with E-state index in [1.54, 1.807) is 13.0 Å². The van der Waals surface area contributed by atoms with Crippen molar-refractivity contribution in [2.45, 2.75) is 19.9 Å². The van der Waals surface area contributed by atoms with E-state index in [0.29, 0.717) is 17.7 Å². The van der Waals surface area contributed by atoms with Gasteiger partial charge < -0.3 is 10.2 Å². The van der Waals surface area contributed by atoms with Crippen LogP contribution in [0.4, 0.5) is 5.69 Å². The van der Waals surface area contributed by atoms with E-state index in [-0.39, 0.29) is 17.6 Å². The molecule has 1 amide bonds. The molecule has 0 saturated heterocycles. The molecule has 132 valence electrons. The first-order valence-electron chi connectivity index (χ1n) is 8.06. The SMILES string of the molecule is Cc1ccc(C(CNC(=O)c2cccc([N+](=O)[O-])c2C)N(C)C)cc1. The van der Waals surface area contributed by atoms with E-state index in [4.69, 9.17) is 0 Å². The second-order valence-corrected chi connectivity index (χ2v) is 6.31. The molecule has 6 heteroatoms. The Balaban J connectivity index is 2.16. The fourth-order valence-electron chi connectivity index (χ4n) is 2.74. The van der Waals surface area contributed by atoms with Crippen molar-refractivity contribution < 1.29 is 9.72 Å². The highest BCUT2D eigenvalue weighted by molar-refractivity contribution is 5.96. The van der Waals surface area contributed by atoms with Gasteiger partial charge in [-0.1, -0.05) is 35.9 Å². The van der Waals surface area contributed by atoms with E-state index < -0.39 is 4.92 Å². The lowest BCUT2D eigenvalue weighted by Gasteiger charge is -2.25. The average Bonchev–Trinajstić information content (AvgIpc) is 2.56. The topological polar surface area (TPSA) is 75.5 Å². The van der Waals surface area contributed by atoms with E-state index in [2.05, 4.69) is 5.32 Å². The molecule has 2 aromatic carbocycles. The van der Waals surface area contributed by atoms with Crippen molar-refractivity contribution in [1.29, 1.82) is 0 Å². The second-order valence-electron chi connectivity index (χ2n) is 6.31. The molecule has 1 unspecified atom stereocenters. The maximum absolute atomic E-state index is 12.5. The van der Waals surface area contributed by atoms with Crippen molar-refractivity contribution in [3.05, 3.63) is 74.8 Å². The largest absolute Gasteiger partial charge is 0.350 e. The van der Waals surface area contributed by atoms with Crippen molar-refractivity contribution in [3.63, 3.8) is 0 Å². The number of nitrogens with zero attached hydrogens (tertiary/aromatic N) is 2. The molecule has 0 spiro atoms. The Morgan fingerprint density at radius 3 is 2.36 bits per heavy atom. The molecule has 0 heterocycles. The van der Waals surface area contributed by atoms with Crippen LogP contribution in [0.2, 0.25) is 0 Å². The van der Waals surface area contributed by atoms with Crippen molar-refractivity contribution in [1.82, 2.24) is 10.2 Å². The van der Waals surface area contributed by atoms with E-state index in [1.165, 1.54) is 17.7 Å². The van der Waals surface area contributed by atoms with Crippen molar-refractivity contribution >= 4 is 11.6 Å². The summed E-state index contributed by atoms with van der Waals surface area (Å²) >= 11 is 0. The van der Waals surface area contributed by atoms with Crippen molar-refractivity contribution in [2.75, 3.05) is 20.6 Å². The molecule has 0 aliphatic heterocycles. The van der Waals surface area contributed by atoms with Gasteiger partial charge in [0.2, 0.25) is 0 Å². The third kappa shape index (κ3) is 4.42. The Bertz CT molecular complexity index is 770. The lowest BCUT2D eigenvalue weighted by Crippen LogP contribution is -2.34. The van der Waals surface area contributed by atoms with Crippen LogP contribution in [0.1, 0.15) is 33.1 Å². The average molecular weight is 341 g/mol. The second kappa shape index (κ2) is 7.90. The molecule has 25 heavy (non-hydrogen) atoms. The molecule has 0 fully saturated rings. The molecule has 6 nitrogen and oxygen atoms in total. The fraction of sp³-hybridized carbons (Fsp3) is 0.316. The number of aryl methyl sites for hydroxylation is 1. The number of hydrogen-bond donors (Lipinski definition) is 1. The summed E-state index contributed by atoms with van der Waals surface area (Å²) in [6.45, 7) is 4.04. The van der Waals surface area contributed by atoms with Gasteiger partial charge in [-0.3, -0.25) is 14.9 Å². The Morgan fingerprint density at radius 1 is 1.16 bits per heavy atom. The van der Waals surface area contributed by atoms with E-state index in [9.17, 15) is 14.9 Å². The summed E-state index contributed by atoms with van der Waals surface area (Å²) in [5.41, 5.74) is 2.94. The minimum Gasteiger partial charge on any atom is -0.350 e. The predicted octanol–water partition coefficient (Wildman–Crippen LogP) is 3.24. The van der Waals surface area contributed by atoms with Gasteiger partial charge in [0, 0.05) is 23.7 Å². The van der Waals surface area contributed by atoms with Gasteiger partial charge in [0.15, 0.2) is 0 Å². The number of likely N-dealkylation sites (N-methyl/N-ethyl adjacent to an activating group) is 1. The van der Waals surface area contributed by atoms with Crippen LogP contribution in [0.15, 0.2) is 42.5 Å². The number of nitro groups is 1. The molecule has 0 aromatic heterocycles. The molecule has 0 aliphatic rings. The van der Waals surface area contributed by atoms with Crippen LogP contribution in [0.25, 0.3) is 0 Å². The van der Waals surface area contributed by atoms with E-state index >= 15 is 0 Å². The maximum Gasteiger partial charge on any atom is 0.273 e. The minimum absolute atomic E-state index is 0.0172. The molecule has 1 atom stereocenters. The van der Waals surface area contributed by atoms with Gasteiger partial charge in [0.05, 0.1) is 11.0 Å². The van der Waals surface area contributed by atoms with Gasteiger partial charge in [-0.2, -0.15) is 0 Å². The Kier molecular flexibility index (Phi) is 5.88. The van der Waals surface area contributed by atoms with Crippen molar-refractivity contribution in [2.24, 2.45) is 0 Å². The van der Waals surface area contributed by atoms with Crippen molar-refractivity contribution in [3.8, 4) is 0 Å². The zero-order valence-corrected chi connectivity index (χ0v) is 14.9. The van der Waals surface area contributed by atoms with Crippen LogP contribution in [-0.4, -0.2) is 36.4 Å². The summed E-state index contributed by atoms with van der Waals surface area (Å²) in [6, 6.07) is 12.7. The smallest absolute Gasteiger partial charge is 0.273 e. The molecule has 0 saturated carbocycles. The first kappa shape index (κ1) is 18.6. The highest BCUT2D eigenvalue weighted by Gasteiger charge is 2.20. The Labute approximate surface area is 147 Å². The molecule has 2 aromatic rings. The van der Waals surface area contributed by atoms with Crippen LogP contribution < -0.4 is 5.32 Å². The normalized spacial score (nSPS) is 12.0. The number of benzene rings is 2. The Morgan fingerprint density at radius 2 is 1.80 bits per heavy atom. The quantitative estimate of drug-likeness (QED) is 0.646. The number of rotatable bonds is 6. The number of carbonyl (C=O) groups excluding carboxylic acids is 1. The number of hydrogen-bond acceptors (Lipinski definition) is 4. The van der Waals surface area contributed by atoms with Gasteiger partial charge >= 0.3 is 0 Å². The summed E-state index contributed by atoms with van der Waals surface area (Å²) in [5.74, 6) is -0.305. The van der Waals surface area contributed by atoms with E-state index in [1.807, 2.05) is 50.2 Å². The summed E-state index contributed by atoms with van der Waals surface area (Å²) in [5, 5.41) is 13.9. The zero-order chi connectivity index (χ0) is 18.6. The molecule has 0 bridgehead atoms. The van der Waals surface area contributed by atoms with Crippen LogP contribution in [0.3, 0.4) is 0 Å². The first-order chi connectivity index (χ1) is 11.8. The molecule has 0 radical (unpaired) electrons. The van der Waals surface area contributed by atoms with Crippen LogP contribution in [0, 0.1) is 24.0 Å². The van der Waals surface area contributed by atoms with Gasteiger partial charge in [-0.15, -0.1) is 0 Å². The van der Waals surface area contributed by atoms with Crippen LogP contribution in [0.5, 0.6) is 0 Å². The molecule has 1 N–H and O–H groups in total. The summed E-state index contributed by atoms with van der Waals surface area (Å²) in [4.78, 5) is 25.1.